The molecule has 3 unspecified atom stereocenters. The molecule has 10 heteroatoms. The maximum absolute atomic E-state index is 14.4. The van der Waals surface area contributed by atoms with Crippen molar-refractivity contribution in [1.82, 2.24) is 4.90 Å². The van der Waals surface area contributed by atoms with Crippen molar-refractivity contribution >= 4 is 39.4 Å². The van der Waals surface area contributed by atoms with Crippen LogP contribution in [-0.4, -0.2) is 83.8 Å². The number of likely N-dealkylation sites (tertiary alicyclic amines) is 1. The molecular formula is C29H37BrN2O7. The molecule has 4 rings (SSSR count). The molecule has 39 heavy (non-hydrogen) atoms. The van der Waals surface area contributed by atoms with Gasteiger partial charge in [0.05, 0.1) is 31.7 Å². The van der Waals surface area contributed by atoms with E-state index in [1.54, 1.807) is 42.4 Å². The SMILES string of the molecule is C=CCCCCOC(=O)[C@H]1[C@@H]2OC3(CC2Br)C(C(=O)N(CC=C)c2ccc(OC)cc2)N(CCCO)C(=O)[C@H]13. The first-order valence-electron chi connectivity index (χ1n) is 13.4. The van der Waals surface area contributed by atoms with Gasteiger partial charge in [0.15, 0.2) is 0 Å². The van der Waals surface area contributed by atoms with Crippen LogP contribution in [0.5, 0.6) is 5.75 Å². The van der Waals surface area contributed by atoms with Crippen LogP contribution in [0.3, 0.4) is 0 Å². The lowest BCUT2D eigenvalue weighted by atomic mass is 9.70. The Balaban J connectivity index is 1.67. The van der Waals surface area contributed by atoms with E-state index in [0.717, 1.165) is 12.8 Å². The first-order chi connectivity index (χ1) is 18.8. The normalized spacial score (nSPS) is 28.7. The molecule has 1 aromatic carbocycles. The van der Waals surface area contributed by atoms with Crippen molar-refractivity contribution in [3.63, 3.8) is 0 Å². The first kappa shape index (κ1) is 29.3. The number of benzene rings is 1. The van der Waals surface area contributed by atoms with Crippen molar-refractivity contribution in [2.75, 3.05) is 38.3 Å². The highest BCUT2D eigenvalue weighted by Gasteiger charge is 2.77. The number of alkyl halides is 1. The van der Waals surface area contributed by atoms with E-state index in [4.69, 9.17) is 14.2 Å². The topological polar surface area (TPSA) is 106 Å². The Morgan fingerprint density at radius 2 is 1.97 bits per heavy atom. The van der Waals surface area contributed by atoms with Crippen LogP contribution >= 0.6 is 15.9 Å². The Morgan fingerprint density at radius 3 is 2.62 bits per heavy atom. The van der Waals surface area contributed by atoms with Crippen molar-refractivity contribution in [3.8, 4) is 5.75 Å². The van der Waals surface area contributed by atoms with Gasteiger partial charge < -0.3 is 29.1 Å². The van der Waals surface area contributed by atoms with Crippen molar-refractivity contribution in [1.29, 1.82) is 0 Å². The highest BCUT2D eigenvalue weighted by atomic mass is 79.9. The number of halogens is 1. The van der Waals surface area contributed by atoms with E-state index in [1.165, 1.54) is 4.90 Å². The van der Waals surface area contributed by atoms with E-state index in [9.17, 15) is 19.5 Å². The van der Waals surface area contributed by atoms with E-state index in [2.05, 4.69) is 29.1 Å². The van der Waals surface area contributed by atoms with Crippen LogP contribution in [0.4, 0.5) is 5.69 Å². The van der Waals surface area contributed by atoms with Crippen LogP contribution in [-0.2, 0) is 23.9 Å². The molecule has 3 saturated heterocycles. The fourth-order valence-corrected chi connectivity index (χ4v) is 7.12. The Hall–Kier alpha value is -2.69. The number of carbonyl (C=O) groups excluding carboxylic acids is 3. The van der Waals surface area contributed by atoms with Crippen molar-refractivity contribution in [3.05, 3.63) is 49.6 Å². The van der Waals surface area contributed by atoms with Gasteiger partial charge in [0, 0.05) is 30.2 Å². The molecule has 1 spiro atoms. The number of aliphatic hydroxyl groups is 1. The van der Waals surface area contributed by atoms with Gasteiger partial charge in [-0.1, -0.05) is 28.1 Å². The molecule has 0 aromatic heterocycles. The van der Waals surface area contributed by atoms with Crippen molar-refractivity contribution < 1.29 is 33.7 Å². The standard InChI is InChI=1S/C29H37BrN2O7/c1-4-6-7-8-17-38-28(36)22-23-26(34)32(15-9-16-33)25(29(23)18-21(30)24(22)39-29)27(35)31(14-5-2)19-10-12-20(37-3)13-11-19/h4-5,10-13,21-25,33H,1-2,6-9,14-18H2,3H3/t21?,22-,23+,24-,25?,29?/m1/s1. The summed E-state index contributed by atoms with van der Waals surface area (Å²) < 4.78 is 17.4. The minimum atomic E-state index is -1.19. The van der Waals surface area contributed by atoms with Crippen molar-refractivity contribution in [2.45, 2.75) is 54.7 Å². The number of aliphatic hydroxyl groups excluding tert-OH is 1. The molecule has 3 heterocycles. The van der Waals surface area contributed by atoms with Crippen LogP contribution in [0.2, 0.25) is 0 Å². The smallest absolute Gasteiger partial charge is 0.312 e. The minimum absolute atomic E-state index is 0.141. The second kappa shape index (κ2) is 12.7. The number of carbonyl (C=O) groups is 3. The molecule has 3 aliphatic heterocycles. The third kappa shape index (κ3) is 5.38. The number of esters is 1. The van der Waals surface area contributed by atoms with Crippen LogP contribution in [0, 0.1) is 11.8 Å². The highest BCUT2D eigenvalue weighted by molar-refractivity contribution is 9.09. The molecule has 9 nitrogen and oxygen atoms in total. The second-order valence-corrected chi connectivity index (χ2v) is 11.3. The van der Waals surface area contributed by atoms with Gasteiger partial charge in [0.1, 0.15) is 17.4 Å². The number of ether oxygens (including phenoxy) is 3. The number of nitrogens with zero attached hydrogens (tertiary/aromatic N) is 2. The average molecular weight is 606 g/mol. The van der Waals surface area contributed by atoms with Gasteiger partial charge in [-0.25, -0.2) is 0 Å². The number of hydrogen-bond acceptors (Lipinski definition) is 7. The van der Waals surface area contributed by atoms with Crippen LogP contribution in [0.15, 0.2) is 49.6 Å². The number of unbranched alkanes of at least 4 members (excludes halogenated alkanes) is 2. The summed E-state index contributed by atoms with van der Waals surface area (Å²) in [6, 6.07) is 6.10. The van der Waals surface area contributed by atoms with Gasteiger partial charge in [-0.2, -0.15) is 0 Å². The lowest BCUT2D eigenvalue weighted by Gasteiger charge is -2.37. The van der Waals surface area contributed by atoms with E-state index in [0.29, 0.717) is 30.7 Å². The lowest BCUT2D eigenvalue weighted by molar-refractivity contribution is -0.155. The Kier molecular flexibility index (Phi) is 9.51. The molecule has 0 aliphatic carbocycles. The minimum Gasteiger partial charge on any atom is -0.497 e. The quantitative estimate of drug-likeness (QED) is 0.150. The summed E-state index contributed by atoms with van der Waals surface area (Å²) in [6.45, 7) is 8.01. The molecule has 0 saturated carbocycles. The Labute approximate surface area is 237 Å². The number of allylic oxidation sites excluding steroid dienone is 1. The third-order valence-corrected chi connectivity index (χ3v) is 8.71. The maximum Gasteiger partial charge on any atom is 0.312 e. The number of fused-ring (bicyclic) bond motifs is 1. The molecule has 3 fully saturated rings. The lowest BCUT2D eigenvalue weighted by Crippen LogP contribution is -2.57. The molecule has 1 aromatic rings. The zero-order chi connectivity index (χ0) is 28.2. The molecule has 1 N–H and O–H groups in total. The molecule has 6 atom stereocenters. The van der Waals surface area contributed by atoms with Gasteiger partial charge >= 0.3 is 5.97 Å². The number of anilines is 1. The first-order valence-corrected chi connectivity index (χ1v) is 14.3. The summed E-state index contributed by atoms with van der Waals surface area (Å²) in [4.78, 5) is 44.5. The zero-order valence-corrected chi connectivity index (χ0v) is 23.9. The fraction of sp³-hybridized carbons (Fsp3) is 0.552. The van der Waals surface area contributed by atoms with Gasteiger partial charge in [0.2, 0.25) is 5.91 Å². The number of hydrogen-bond donors (Lipinski definition) is 1. The van der Waals surface area contributed by atoms with Crippen LogP contribution < -0.4 is 9.64 Å². The van der Waals surface area contributed by atoms with Gasteiger partial charge in [-0.05, 0) is 56.4 Å². The molecule has 0 radical (unpaired) electrons. The van der Waals surface area contributed by atoms with E-state index in [1.807, 2.05) is 6.08 Å². The predicted molar refractivity (Wildman–Crippen MR) is 150 cm³/mol. The molecule has 3 aliphatic rings. The average Bonchev–Trinajstić information content (AvgIpc) is 3.53. The highest BCUT2D eigenvalue weighted by Crippen LogP contribution is 2.60. The molecule has 2 amide bonds. The van der Waals surface area contributed by atoms with E-state index < -0.39 is 35.6 Å². The predicted octanol–water partition coefficient (Wildman–Crippen LogP) is 3.24. The Morgan fingerprint density at radius 1 is 1.23 bits per heavy atom. The van der Waals surface area contributed by atoms with E-state index >= 15 is 0 Å². The maximum atomic E-state index is 14.4. The summed E-state index contributed by atoms with van der Waals surface area (Å²) >= 11 is 3.67. The largest absolute Gasteiger partial charge is 0.497 e. The van der Waals surface area contributed by atoms with Crippen LogP contribution in [0.25, 0.3) is 0 Å². The number of rotatable bonds is 14. The summed E-state index contributed by atoms with van der Waals surface area (Å²) in [5.74, 6) is -2.13. The second-order valence-electron chi connectivity index (χ2n) is 10.2. The molecule has 2 bridgehead atoms. The Bertz CT molecular complexity index is 1080. The van der Waals surface area contributed by atoms with Crippen molar-refractivity contribution in [2.24, 2.45) is 11.8 Å². The molecular weight excluding hydrogens is 568 g/mol. The zero-order valence-electron chi connectivity index (χ0n) is 22.3. The number of amides is 2. The molecule has 212 valence electrons. The fourth-order valence-electron chi connectivity index (χ4n) is 6.18. The van der Waals surface area contributed by atoms with Gasteiger partial charge in [0.25, 0.3) is 5.91 Å². The van der Waals surface area contributed by atoms with Gasteiger partial charge in [-0.15, -0.1) is 13.2 Å². The monoisotopic (exact) mass is 604 g/mol. The summed E-state index contributed by atoms with van der Waals surface area (Å²) in [5, 5.41) is 9.55. The summed E-state index contributed by atoms with van der Waals surface area (Å²) in [7, 11) is 1.57. The van der Waals surface area contributed by atoms with Gasteiger partial charge in [-0.3, -0.25) is 14.4 Å². The summed E-state index contributed by atoms with van der Waals surface area (Å²) in [5.41, 5.74) is -0.575. The number of methoxy groups -OCH3 is 1. The van der Waals surface area contributed by atoms with Crippen LogP contribution in [0.1, 0.15) is 32.1 Å². The van der Waals surface area contributed by atoms with E-state index in [-0.39, 0.29) is 42.9 Å². The summed E-state index contributed by atoms with van der Waals surface area (Å²) in [6.07, 6.45) is 5.93. The third-order valence-electron chi connectivity index (χ3n) is 7.86.